The number of amides is 3. The van der Waals surface area contributed by atoms with Gasteiger partial charge in [-0.05, 0) is 50.2 Å². The highest BCUT2D eigenvalue weighted by molar-refractivity contribution is 6.42. The number of para-hydroxylation sites is 1. The maximum atomic E-state index is 12.4. The molecule has 0 aliphatic heterocycles. The lowest BCUT2D eigenvalue weighted by Crippen LogP contribution is -2.42. The zero-order chi connectivity index (χ0) is 23.1. The predicted molar refractivity (Wildman–Crippen MR) is 125 cm³/mol. The van der Waals surface area contributed by atoms with E-state index in [0.29, 0.717) is 15.7 Å². The zero-order valence-corrected chi connectivity index (χ0v) is 19.5. The summed E-state index contributed by atoms with van der Waals surface area (Å²) in [6.07, 6.45) is 0. The number of nitrogens with one attached hydrogen (secondary N) is 2. The van der Waals surface area contributed by atoms with Crippen LogP contribution in [-0.4, -0.2) is 61.3 Å². The first-order chi connectivity index (χ1) is 14.6. The quantitative estimate of drug-likeness (QED) is 0.625. The Morgan fingerprint density at radius 2 is 1.45 bits per heavy atom. The minimum Gasteiger partial charge on any atom is -0.335 e. The third-order valence-corrected chi connectivity index (χ3v) is 5.31. The van der Waals surface area contributed by atoms with Gasteiger partial charge >= 0.3 is 0 Å². The molecule has 0 fully saturated rings. The van der Waals surface area contributed by atoms with Crippen LogP contribution >= 0.6 is 23.2 Å². The topological polar surface area (TPSA) is 81.8 Å². The maximum absolute atomic E-state index is 12.4. The van der Waals surface area contributed by atoms with Crippen molar-refractivity contribution in [3.8, 4) is 0 Å². The standard InChI is InChI=1S/C22H26Cl2N4O3/c1-14-6-5-7-15(2)22(14)26-20(30)12-28(4)21(31)13-27(3)11-19(29)25-16-8-9-17(23)18(24)10-16/h5-10H,11-13H2,1-4H3,(H,25,29)(H,26,30). The zero-order valence-electron chi connectivity index (χ0n) is 18.0. The van der Waals surface area contributed by atoms with Crippen LogP contribution in [0.15, 0.2) is 36.4 Å². The third-order valence-electron chi connectivity index (χ3n) is 4.57. The Kier molecular flexibility index (Phi) is 8.86. The molecule has 0 bridgehead atoms. The Hall–Kier alpha value is -2.61. The summed E-state index contributed by atoms with van der Waals surface area (Å²) in [5, 5.41) is 6.29. The van der Waals surface area contributed by atoms with Gasteiger partial charge in [0.1, 0.15) is 0 Å². The molecule has 31 heavy (non-hydrogen) atoms. The predicted octanol–water partition coefficient (Wildman–Crippen LogP) is 3.58. The van der Waals surface area contributed by atoms with E-state index < -0.39 is 0 Å². The summed E-state index contributed by atoms with van der Waals surface area (Å²) >= 11 is 11.8. The fraction of sp³-hybridized carbons (Fsp3) is 0.318. The number of anilines is 2. The van der Waals surface area contributed by atoms with Gasteiger partial charge in [0.05, 0.1) is 29.7 Å². The highest BCUT2D eigenvalue weighted by atomic mass is 35.5. The van der Waals surface area contributed by atoms with Crippen LogP contribution in [0.3, 0.4) is 0 Å². The first-order valence-corrected chi connectivity index (χ1v) is 10.4. The van der Waals surface area contributed by atoms with E-state index >= 15 is 0 Å². The third kappa shape index (κ3) is 7.54. The Balaban J connectivity index is 1.82. The van der Waals surface area contributed by atoms with Gasteiger partial charge in [-0.15, -0.1) is 0 Å². The maximum Gasteiger partial charge on any atom is 0.243 e. The number of aryl methyl sites for hydroxylation is 2. The molecule has 7 nitrogen and oxygen atoms in total. The molecule has 0 saturated heterocycles. The van der Waals surface area contributed by atoms with Crippen molar-refractivity contribution in [2.75, 3.05) is 44.4 Å². The van der Waals surface area contributed by atoms with E-state index in [9.17, 15) is 14.4 Å². The lowest BCUT2D eigenvalue weighted by atomic mass is 10.1. The molecule has 0 heterocycles. The summed E-state index contributed by atoms with van der Waals surface area (Å²) in [7, 11) is 3.20. The molecule has 166 valence electrons. The number of nitrogens with zero attached hydrogens (tertiary/aromatic N) is 2. The van der Waals surface area contributed by atoms with Crippen LogP contribution in [0.1, 0.15) is 11.1 Å². The minimum absolute atomic E-state index is 0.00553. The van der Waals surface area contributed by atoms with Gasteiger partial charge in [-0.3, -0.25) is 19.3 Å². The van der Waals surface area contributed by atoms with E-state index in [1.807, 2.05) is 32.0 Å². The molecule has 2 N–H and O–H groups in total. The molecule has 0 atom stereocenters. The van der Waals surface area contributed by atoms with Crippen LogP contribution in [0, 0.1) is 13.8 Å². The van der Waals surface area contributed by atoms with Gasteiger partial charge in [0.25, 0.3) is 0 Å². The van der Waals surface area contributed by atoms with E-state index in [4.69, 9.17) is 23.2 Å². The Morgan fingerprint density at radius 1 is 0.839 bits per heavy atom. The lowest BCUT2D eigenvalue weighted by molar-refractivity contribution is -0.134. The first kappa shape index (κ1) is 24.7. The number of carbonyl (C=O) groups excluding carboxylic acids is 3. The Bertz CT molecular complexity index is 961. The molecule has 0 saturated carbocycles. The molecular weight excluding hydrogens is 439 g/mol. The van der Waals surface area contributed by atoms with Crippen molar-refractivity contribution in [2.24, 2.45) is 0 Å². The molecule has 0 aromatic heterocycles. The van der Waals surface area contributed by atoms with E-state index in [0.717, 1.165) is 16.8 Å². The molecule has 9 heteroatoms. The molecule has 2 rings (SSSR count). The summed E-state index contributed by atoms with van der Waals surface area (Å²) in [5.74, 6) is -0.862. The number of benzene rings is 2. The number of hydrogen-bond donors (Lipinski definition) is 2. The average Bonchev–Trinajstić information content (AvgIpc) is 2.67. The van der Waals surface area contributed by atoms with E-state index in [-0.39, 0.29) is 37.4 Å². The molecule has 3 amide bonds. The number of rotatable bonds is 8. The molecular formula is C22H26Cl2N4O3. The van der Waals surface area contributed by atoms with Gasteiger partial charge in [0.2, 0.25) is 17.7 Å². The molecule has 0 unspecified atom stereocenters. The molecule has 0 aliphatic carbocycles. The monoisotopic (exact) mass is 464 g/mol. The van der Waals surface area contributed by atoms with Crippen molar-refractivity contribution in [1.82, 2.24) is 9.80 Å². The second kappa shape index (κ2) is 11.1. The molecule has 0 aliphatic rings. The lowest BCUT2D eigenvalue weighted by Gasteiger charge is -2.22. The second-order valence-electron chi connectivity index (χ2n) is 7.41. The SMILES string of the molecule is Cc1cccc(C)c1NC(=O)CN(C)C(=O)CN(C)CC(=O)Nc1ccc(Cl)c(Cl)c1. The highest BCUT2D eigenvalue weighted by Crippen LogP contribution is 2.25. The largest absolute Gasteiger partial charge is 0.335 e. The molecule has 0 radical (unpaired) electrons. The summed E-state index contributed by atoms with van der Waals surface area (Å²) < 4.78 is 0. The summed E-state index contributed by atoms with van der Waals surface area (Å²) in [6.45, 7) is 3.72. The number of likely N-dealkylation sites (N-methyl/N-ethyl adjacent to an activating group) is 2. The van der Waals surface area contributed by atoms with E-state index in [2.05, 4.69) is 10.6 Å². The fourth-order valence-corrected chi connectivity index (χ4v) is 3.22. The van der Waals surface area contributed by atoms with E-state index in [1.54, 1.807) is 37.2 Å². The smallest absolute Gasteiger partial charge is 0.243 e. The average molecular weight is 465 g/mol. The molecule has 2 aromatic carbocycles. The van der Waals surface area contributed by atoms with Gasteiger partial charge in [0.15, 0.2) is 0 Å². The van der Waals surface area contributed by atoms with Crippen LogP contribution in [-0.2, 0) is 14.4 Å². The Morgan fingerprint density at radius 3 is 2.06 bits per heavy atom. The van der Waals surface area contributed by atoms with Crippen LogP contribution in [0.2, 0.25) is 10.0 Å². The normalized spacial score (nSPS) is 10.7. The van der Waals surface area contributed by atoms with Gasteiger partial charge < -0.3 is 15.5 Å². The number of hydrogen-bond acceptors (Lipinski definition) is 4. The van der Waals surface area contributed by atoms with Crippen molar-refractivity contribution < 1.29 is 14.4 Å². The fourth-order valence-electron chi connectivity index (χ4n) is 2.92. The first-order valence-electron chi connectivity index (χ1n) is 9.60. The van der Waals surface area contributed by atoms with E-state index in [1.165, 1.54) is 4.90 Å². The van der Waals surface area contributed by atoms with Gasteiger partial charge in [0, 0.05) is 18.4 Å². The van der Waals surface area contributed by atoms with Crippen molar-refractivity contribution in [2.45, 2.75) is 13.8 Å². The summed E-state index contributed by atoms with van der Waals surface area (Å²) in [4.78, 5) is 39.9. The van der Waals surface area contributed by atoms with Gasteiger partial charge in [-0.1, -0.05) is 41.4 Å². The van der Waals surface area contributed by atoms with Crippen molar-refractivity contribution in [1.29, 1.82) is 0 Å². The van der Waals surface area contributed by atoms with Gasteiger partial charge in [-0.25, -0.2) is 0 Å². The van der Waals surface area contributed by atoms with Crippen molar-refractivity contribution in [3.63, 3.8) is 0 Å². The molecule has 0 spiro atoms. The van der Waals surface area contributed by atoms with Crippen LogP contribution in [0.25, 0.3) is 0 Å². The van der Waals surface area contributed by atoms with Crippen LogP contribution in [0.5, 0.6) is 0 Å². The van der Waals surface area contributed by atoms with Crippen LogP contribution in [0.4, 0.5) is 11.4 Å². The molecule has 2 aromatic rings. The van der Waals surface area contributed by atoms with Crippen LogP contribution < -0.4 is 10.6 Å². The van der Waals surface area contributed by atoms with Gasteiger partial charge in [-0.2, -0.15) is 0 Å². The minimum atomic E-state index is -0.302. The second-order valence-corrected chi connectivity index (χ2v) is 8.23. The summed E-state index contributed by atoms with van der Waals surface area (Å²) in [5.41, 5.74) is 3.17. The Labute approximate surface area is 192 Å². The summed E-state index contributed by atoms with van der Waals surface area (Å²) in [6, 6.07) is 10.5. The number of halogens is 2. The number of carbonyl (C=O) groups is 3. The highest BCUT2D eigenvalue weighted by Gasteiger charge is 2.17. The van der Waals surface area contributed by atoms with Crippen molar-refractivity contribution >= 4 is 52.3 Å². The van der Waals surface area contributed by atoms with Crippen molar-refractivity contribution in [3.05, 3.63) is 57.6 Å².